The van der Waals surface area contributed by atoms with Gasteiger partial charge in [0.2, 0.25) is 0 Å². The molecule has 5 nitrogen and oxygen atoms in total. The van der Waals surface area contributed by atoms with E-state index < -0.39 is 0 Å². The van der Waals surface area contributed by atoms with Crippen LogP contribution < -0.4 is 5.32 Å². The summed E-state index contributed by atoms with van der Waals surface area (Å²) in [5.74, 6) is 0. The van der Waals surface area contributed by atoms with Crippen LogP contribution in [0.3, 0.4) is 0 Å². The smallest absolute Gasteiger partial charge is 0.120 e. The maximum absolute atomic E-state index is 9.12. The van der Waals surface area contributed by atoms with Crippen molar-refractivity contribution in [3.8, 4) is 6.07 Å². The second-order valence-corrected chi connectivity index (χ2v) is 6.60. The maximum Gasteiger partial charge on any atom is 0.120 e. The van der Waals surface area contributed by atoms with Crippen molar-refractivity contribution in [1.82, 2.24) is 19.8 Å². The third-order valence-corrected chi connectivity index (χ3v) is 5.08. The molecule has 0 aliphatic carbocycles. The Balaban J connectivity index is 1.47. The van der Waals surface area contributed by atoms with Gasteiger partial charge >= 0.3 is 0 Å². The summed E-state index contributed by atoms with van der Waals surface area (Å²) in [6.07, 6.45) is 6.06. The average Bonchev–Trinajstić information content (AvgIpc) is 2.90. The number of likely N-dealkylation sites (tertiary alicyclic amines) is 1. The molecule has 0 spiro atoms. The molecule has 1 saturated heterocycles. The summed E-state index contributed by atoms with van der Waals surface area (Å²) in [5.41, 5.74) is 4.47. The van der Waals surface area contributed by atoms with E-state index in [9.17, 15) is 0 Å². The maximum atomic E-state index is 9.12. The molecule has 24 heavy (non-hydrogen) atoms. The van der Waals surface area contributed by atoms with Crippen LogP contribution in [-0.4, -0.2) is 33.6 Å². The molecule has 1 aliphatic heterocycles. The van der Waals surface area contributed by atoms with Crippen molar-refractivity contribution in [1.29, 1.82) is 5.26 Å². The lowest BCUT2D eigenvalue weighted by Crippen LogP contribution is -2.41. The van der Waals surface area contributed by atoms with Gasteiger partial charge in [0, 0.05) is 44.3 Å². The van der Waals surface area contributed by atoms with Crippen LogP contribution in [0.1, 0.15) is 35.4 Å². The molecule has 2 aromatic rings. The van der Waals surface area contributed by atoms with E-state index in [4.69, 9.17) is 5.26 Å². The third-order valence-electron chi connectivity index (χ3n) is 5.08. The fraction of sp³-hybridized carbons (Fsp3) is 0.474. The van der Waals surface area contributed by atoms with Crippen LogP contribution in [0.4, 0.5) is 0 Å². The monoisotopic (exact) mass is 323 g/mol. The average molecular weight is 323 g/mol. The summed E-state index contributed by atoms with van der Waals surface area (Å²) in [6.45, 7) is 6.18. The highest BCUT2D eigenvalue weighted by Gasteiger charge is 2.19. The molecule has 0 amide bonds. The number of hydrogen-bond acceptors (Lipinski definition) is 4. The standard InChI is InChI=1S/C19H25N5/c1-15-17(11-19(12-20)23(15)2)13-22-18-5-9-24(10-6-18)14-16-3-7-21-8-4-16/h3-4,7-8,11,18,22H,5-6,9-10,13-14H2,1-2H3. The van der Waals surface area contributed by atoms with E-state index >= 15 is 0 Å². The van der Waals surface area contributed by atoms with E-state index in [1.807, 2.05) is 30.1 Å². The molecule has 3 heterocycles. The van der Waals surface area contributed by atoms with E-state index in [1.54, 1.807) is 0 Å². The van der Waals surface area contributed by atoms with Crippen LogP contribution >= 0.6 is 0 Å². The molecule has 0 unspecified atom stereocenters. The lowest BCUT2D eigenvalue weighted by atomic mass is 10.0. The first-order chi connectivity index (χ1) is 11.7. The van der Waals surface area contributed by atoms with Crippen LogP contribution in [0.25, 0.3) is 0 Å². The number of nitriles is 1. The number of aromatic nitrogens is 2. The van der Waals surface area contributed by atoms with E-state index in [0.29, 0.717) is 6.04 Å². The van der Waals surface area contributed by atoms with Gasteiger partial charge in [0.1, 0.15) is 11.8 Å². The zero-order valence-corrected chi connectivity index (χ0v) is 14.5. The minimum atomic E-state index is 0.559. The van der Waals surface area contributed by atoms with Crippen LogP contribution in [-0.2, 0) is 20.1 Å². The fourth-order valence-corrected chi connectivity index (χ4v) is 3.34. The Hall–Kier alpha value is -2.16. The summed E-state index contributed by atoms with van der Waals surface area (Å²) < 4.78 is 1.97. The quantitative estimate of drug-likeness (QED) is 0.918. The molecule has 0 radical (unpaired) electrons. The molecule has 126 valence electrons. The van der Waals surface area contributed by atoms with Crippen molar-refractivity contribution in [2.45, 2.75) is 38.9 Å². The van der Waals surface area contributed by atoms with E-state index in [2.05, 4.69) is 40.3 Å². The second kappa shape index (κ2) is 7.61. The molecule has 0 saturated carbocycles. The van der Waals surface area contributed by atoms with Gasteiger partial charge in [0.15, 0.2) is 0 Å². The lowest BCUT2D eigenvalue weighted by molar-refractivity contribution is 0.190. The Morgan fingerprint density at radius 1 is 1.29 bits per heavy atom. The van der Waals surface area contributed by atoms with Crippen molar-refractivity contribution in [2.75, 3.05) is 13.1 Å². The predicted molar refractivity (Wildman–Crippen MR) is 94.2 cm³/mol. The van der Waals surface area contributed by atoms with Gasteiger partial charge in [-0.05, 0) is 62.2 Å². The number of piperidine rings is 1. The Morgan fingerprint density at radius 3 is 2.62 bits per heavy atom. The van der Waals surface area contributed by atoms with Crippen LogP contribution in [0.5, 0.6) is 0 Å². The highest BCUT2D eigenvalue weighted by Crippen LogP contribution is 2.16. The summed E-state index contributed by atoms with van der Waals surface area (Å²) in [5, 5.41) is 12.8. The minimum Gasteiger partial charge on any atom is -0.340 e. The number of pyridine rings is 1. The summed E-state index contributed by atoms with van der Waals surface area (Å²) in [4.78, 5) is 6.58. The normalized spacial score (nSPS) is 16.2. The number of nitrogens with one attached hydrogen (secondary N) is 1. The SMILES string of the molecule is Cc1c(CNC2CCN(Cc3ccncc3)CC2)cc(C#N)n1C. The molecule has 0 aromatic carbocycles. The van der Waals surface area contributed by atoms with Crippen molar-refractivity contribution in [2.24, 2.45) is 7.05 Å². The molecular weight excluding hydrogens is 298 g/mol. The van der Waals surface area contributed by atoms with Crippen LogP contribution in [0.15, 0.2) is 30.6 Å². The van der Waals surface area contributed by atoms with Crippen molar-refractivity contribution < 1.29 is 0 Å². The lowest BCUT2D eigenvalue weighted by Gasteiger charge is -2.32. The topological polar surface area (TPSA) is 56.9 Å². The molecule has 1 aliphatic rings. The van der Waals surface area contributed by atoms with Gasteiger partial charge in [0.25, 0.3) is 0 Å². The first-order valence-electron chi connectivity index (χ1n) is 8.57. The molecule has 3 rings (SSSR count). The van der Waals surface area contributed by atoms with Gasteiger partial charge in [-0.3, -0.25) is 9.88 Å². The third kappa shape index (κ3) is 3.84. The van der Waals surface area contributed by atoms with Crippen LogP contribution in [0, 0.1) is 18.3 Å². The summed E-state index contributed by atoms with van der Waals surface area (Å²) in [7, 11) is 1.95. The van der Waals surface area contributed by atoms with Crippen molar-refractivity contribution >= 4 is 0 Å². The molecule has 1 N–H and O–H groups in total. The molecule has 0 bridgehead atoms. The van der Waals surface area contributed by atoms with Gasteiger partial charge in [-0.15, -0.1) is 0 Å². The first kappa shape index (κ1) is 16.7. The van der Waals surface area contributed by atoms with E-state index in [1.165, 1.54) is 29.7 Å². The minimum absolute atomic E-state index is 0.559. The highest BCUT2D eigenvalue weighted by molar-refractivity contribution is 5.34. The van der Waals surface area contributed by atoms with Crippen LogP contribution in [0.2, 0.25) is 0 Å². The second-order valence-electron chi connectivity index (χ2n) is 6.60. The van der Waals surface area contributed by atoms with Gasteiger partial charge < -0.3 is 9.88 Å². The zero-order valence-electron chi connectivity index (χ0n) is 14.5. The first-order valence-corrected chi connectivity index (χ1v) is 8.57. The molecule has 0 atom stereocenters. The van der Waals surface area contributed by atoms with Crippen molar-refractivity contribution in [3.63, 3.8) is 0 Å². The highest BCUT2D eigenvalue weighted by atomic mass is 15.1. The summed E-state index contributed by atoms with van der Waals surface area (Å²) in [6, 6.07) is 8.99. The molecule has 2 aromatic heterocycles. The van der Waals surface area contributed by atoms with Gasteiger partial charge in [-0.25, -0.2) is 0 Å². The molecular formula is C19H25N5. The van der Waals surface area contributed by atoms with Crippen molar-refractivity contribution in [3.05, 3.63) is 53.1 Å². The Bertz CT molecular complexity index is 705. The Kier molecular flexibility index (Phi) is 5.29. The number of nitrogens with zero attached hydrogens (tertiary/aromatic N) is 4. The van der Waals surface area contributed by atoms with Gasteiger partial charge in [-0.1, -0.05) is 0 Å². The summed E-state index contributed by atoms with van der Waals surface area (Å²) >= 11 is 0. The largest absolute Gasteiger partial charge is 0.340 e. The van der Waals surface area contributed by atoms with E-state index in [-0.39, 0.29) is 0 Å². The van der Waals surface area contributed by atoms with Gasteiger partial charge in [0.05, 0.1) is 0 Å². The zero-order chi connectivity index (χ0) is 16.9. The molecule has 5 heteroatoms. The predicted octanol–water partition coefficient (Wildman–Crippen LogP) is 2.35. The Labute approximate surface area is 143 Å². The number of hydrogen-bond donors (Lipinski definition) is 1. The van der Waals surface area contributed by atoms with Gasteiger partial charge in [-0.2, -0.15) is 5.26 Å². The fourth-order valence-electron chi connectivity index (χ4n) is 3.34. The molecule has 1 fully saturated rings. The Morgan fingerprint density at radius 2 is 2.00 bits per heavy atom. The van der Waals surface area contributed by atoms with E-state index in [0.717, 1.165) is 31.9 Å². The number of rotatable bonds is 5.